The number of hydrogen-bond acceptors (Lipinski definition) is 8. The van der Waals surface area contributed by atoms with Crippen molar-refractivity contribution in [3.8, 4) is 0 Å². The fraction of sp³-hybridized carbons (Fsp3) is 0.524. The minimum absolute atomic E-state index is 0.350. The van der Waals surface area contributed by atoms with Crippen LogP contribution in [0.15, 0.2) is 29.3 Å². The number of fused-ring (bicyclic) bond motifs is 1. The molecule has 0 saturated carbocycles. The standard InChI is InChI=1S/C21H25N3O5S4/c1-13(25)24(15-7-6-10-31-15)21(29-2)18(28)23-11-14(16(17(26)27)33-19(21)23)12-32-20(30)22-8-4-3-5-9-22/h6-7,10-11,16,19H,3-5,8-9,12H2,1-2H3,(H,26,27)/t16?,19-,21?/m1/s1. The van der Waals surface area contributed by atoms with Gasteiger partial charge in [-0.2, -0.15) is 0 Å². The van der Waals surface area contributed by atoms with E-state index in [1.54, 1.807) is 18.3 Å². The molecule has 0 spiro atoms. The van der Waals surface area contributed by atoms with E-state index < -0.39 is 28.2 Å². The highest BCUT2D eigenvalue weighted by Gasteiger charge is 2.68. The molecule has 12 heteroatoms. The number of thiophene rings is 1. The van der Waals surface area contributed by atoms with Crippen LogP contribution in [-0.4, -0.2) is 79.3 Å². The van der Waals surface area contributed by atoms with Crippen LogP contribution in [0, 0.1) is 0 Å². The van der Waals surface area contributed by atoms with E-state index in [4.69, 9.17) is 17.0 Å². The number of nitrogens with zero attached hydrogens (tertiary/aromatic N) is 3. The summed E-state index contributed by atoms with van der Waals surface area (Å²) in [4.78, 5) is 43.1. The summed E-state index contributed by atoms with van der Waals surface area (Å²) < 4.78 is 6.45. The van der Waals surface area contributed by atoms with Gasteiger partial charge < -0.3 is 14.7 Å². The Balaban J connectivity index is 1.58. The third-order valence-corrected chi connectivity index (χ3v) is 9.95. The first-order valence-corrected chi connectivity index (χ1v) is 13.8. The largest absolute Gasteiger partial charge is 0.480 e. The van der Waals surface area contributed by atoms with Crippen molar-refractivity contribution in [2.45, 2.75) is 42.5 Å². The molecule has 1 aromatic rings. The molecule has 178 valence electrons. The molecule has 0 radical (unpaired) electrons. The summed E-state index contributed by atoms with van der Waals surface area (Å²) >= 11 is 9.43. The molecule has 0 aliphatic carbocycles. The van der Waals surface area contributed by atoms with E-state index in [9.17, 15) is 19.5 Å². The average Bonchev–Trinajstić information content (AvgIpc) is 3.34. The van der Waals surface area contributed by atoms with E-state index in [1.165, 1.54) is 53.4 Å². The van der Waals surface area contributed by atoms with E-state index in [1.807, 2.05) is 5.38 Å². The van der Waals surface area contributed by atoms with Crippen LogP contribution in [0.2, 0.25) is 0 Å². The van der Waals surface area contributed by atoms with Gasteiger partial charge in [-0.3, -0.25) is 24.2 Å². The fourth-order valence-corrected chi connectivity index (χ4v) is 8.00. The summed E-state index contributed by atoms with van der Waals surface area (Å²) in [5.41, 5.74) is -0.982. The molecular formula is C21H25N3O5S4. The molecule has 8 nitrogen and oxygen atoms in total. The number of carbonyl (C=O) groups excluding carboxylic acids is 2. The topological polar surface area (TPSA) is 90.4 Å². The van der Waals surface area contributed by atoms with E-state index in [0.29, 0.717) is 16.3 Å². The minimum Gasteiger partial charge on any atom is -0.480 e. The Labute approximate surface area is 210 Å². The molecule has 33 heavy (non-hydrogen) atoms. The van der Waals surface area contributed by atoms with Crippen molar-refractivity contribution in [1.82, 2.24) is 9.80 Å². The maximum Gasteiger partial charge on any atom is 0.321 e. The average molecular weight is 528 g/mol. The van der Waals surface area contributed by atoms with Crippen LogP contribution in [0.5, 0.6) is 0 Å². The Morgan fingerprint density at radius 3 is 2.67 bits per heavy atom. The van der Waals surface area contributed by atoms with Crippen LogP contribution in [-0.2, 0) is 19.1 Å². The Bertz CT molecular complexity index is 979. The van der Waals surface area contributed by atoms with Crippen LogP contribution in [0.25, 0.3) is 0 Å². The number of piperidine rings is 1. The number of amides is 2. The van der Waals surface area contributed by atoms with Gasteiger partial charge in [-0.1, -0.05) is 24.0 Å². The van der Waals surface area contributed by atoms with Crippen molar-refractivity contribution in [3.63, 3.8) is 0 Å². The summed E-state index contributed by atoms with van der Waals surface area (Å²) in [6, 6.07) is 3.53. The molecule has 3 aliphatic heterocycles. The van der Waals surface area contributed by atoms with Crippen molar-refractivity contribution in [2.75, 3.05) is 30.9 Å². The number of thiocarbonyl (C=S) groups is 1. The SMILES string of the molecule is COC1(N(C(C)=O)c2cccs2)C(=O)N2C=C(CSC(=S)N3CCCCC3)C(C(=O)O)S[C@@H]21. The zero-order chi connectivity index (χ0) is 23.8. The fourth-order valence-electron chi connectivity index (χ4n) is 4.34. The van der Waals surface area contributed by atoms with E-state index in [-0.39, 0.29) is 5.91 Å². The lowest BCUT2D eigenvalue weighted by Crippen LogP contribution is -2.80. The van der Waals surface area contributed by atoms with Gasteiger partial charge in [0.25, 0.3) is 11.6 Å². The lowest BCUT2D eigenvalue weighted by molar-refractivity contribution is -0.181. The third-order valence-electron chi connectivity index (χ3n) is 5.92. The molecular weight excluding hydrogens is 503 g/mol. The Morgan fingerprint density at radius 1 is 1.36 bits per heavy atom. The number of carboxylic acid groups (broad SMARTS) is 1. The molecule has 3 atom stereocenters. The van der Waals surface area contributed by atoms with Crippen molar-refractivity contribution in [2.24, 2.45) is 0 Å². The molecule has 0 aromatic carbocycles. The van der Waals surface area contributed by atoms with Gasteiger partial charge in [0, 0.05) is 39.1 Å². The summed E-state index contributed by atoms with van der Waals surface area (Å²) in [5.74, 6) is -1.35. The summed E-state index contributed by atoms with van der Waals surface area (Å²) in [6.45, 7) is 3.22. The Kier molecular flexibility index (Phi) is 7.39. The number of anilines is 1. The molecule has 0 bridgehead atoms. The maximum absolute atomic E-state index is 13.4. The van der Waals surface area contributed by atoms with E-state index in [2.05, 4.69) is 4.90 Å². The van der Waals surface area contributed by atoms with Crippen molar-refractivity contribution < 1.29 is 24.2 Å². The zero-order valence-electron chi connectivity index (χ0n) is 18.3. The maximum atomic E-state index is 13.4. The zero-order valence-corrected chi connectivity index (χ0v) is 21.5. The van der Waals surface area contributed by atoms with Crippen LogP contribution in [0.3, 0.4) is 0 Å². The summed E-state index contributed by atoms with van der Waals surface area (Å²) in [5, 5.41) is 10.8. The minimum atomic E-state index is -1.59. The van der Waals surface area contributed by atoms with Crippen LogP contribution in [0.1, 0.15) is 26.2 Å². The van der Waals surface area contributed by atoms with Gasteiger partial charge >= 0.3 is 5.97 Å². The molecule has 4 rings (SSSR count). The highest BCUT2D eigenvalue weighted by atomic mass is 32.2. The predicted molar refractivity (Wildman–Crippen MR) is 135 cm³/mol. The Hall–Kier alpha value is -1.60. The number of likely N-dealkylation sites (tertiary alicyclic amines) is 1. The molecule has 2 fully saturated rings. The van der Waals surface area contributed by atoms with E-state index in [0.717, 1.165) is 42.0 Å². The molecule has 4 heterocycles. The molecule has 2 amide bonds. The van der Waals surface area contributed by atoms with Crippen molar-refractivity contribution in [1.29, 1.82) is 0 Å². The number of rotatable bonds is 6. The number of hydrogen-bond donors (Lipinski definition) is 1. The second-order valence-corrected chi connectivity index (χ2v) is 11.7. The molecule has 2 saturated heterocycles. The second-order valence-electron chi connectivity index (χ2n) is 7.93. The quantitative estimate of drug-likeness (QED) is 0.340. The number of carbonyl (C=O) groups is 3. The summed E-state index contributed by atoms with van der Waals surface area (Å²) in [6.07, 6.45) is 5.03. The number of β-lactam (4-membered cyclic amide) rings is 1. The number of methoxy groups -OCH3 is 1. The molecule has 3 aliphatic rings. The van der Waals surface area contributed by atoms with Gasteiger partial charge in [-0.25, -0.2) is 0 Å². The lowest BCUT2D eigenvalue weighted by Gasteiger charge is -2.58. The van der Waals surface area contributed by atoms with Crippen molar-refractivity contribution in [3.05, 3.63) is 29.3 Å². The van der Waals surface area contributed by atoms with Gasteiger partial charge in [-0.15, -0.1) is 23.1 Å². The number of thioether (sulfide) groups is 2. The second kappa shape index (κ2) is 9.95. The predicted octanol–water partition coefficient (Wildman–Crippen LogP) is 3.20. The summed E-state index contributed by atoms with van der Waals surface area (Å²) in [7, 11) is 1.38. The normalized spacial score (nSPS) is 26.8. The lowest BCUT2D eigenvalue weighted by atomic mass is 9.98. The highest BCUT2D eigenvalue weighted by molar-refractivity contribution is 8.23. The van der Waals surface area contributed by atoms with Crippen LogP contribution >= 0.6 is 47.1 Å². The number of aliphatic carboxylic acids is 1. The number of carboxylic acids is 1. The molecule has 1 N–H and O–H groups in total. The molecule has 2 unspecified atom stereocenters. The Morgan fingerprint density at radius 2 is 2.09 bits per heavy atom. The van der Waals surface area contributed by atoms with Crippen LogP contribution in [0.4, 0.5) is 5.00 Å². The van der Waals surface area contributed by atoms with Gasteiger partial charge in [0.05, 0.1) is 0 Å². The van der Waals surface area contributed by atoms with Gasteiger partial charge in [-0.05, 0) is 42.3 Å². The van der Waals surface area contributed by atoms with Gasteiger partial charge in [0.1, 0.15) is 19.9 Å². The first-order chi connectivity index (χ1) is 15.8. The van der Waals surface area contributed by atoms with E-state index >= 15 is 0 Å². The molecule has 1 aromatic heterocycles. The highest BCUT2D eigenvalue weighted by Crippen LogP contribution is 2.51. The number of ether oxygens (including phenoxy) is 1. The van der Waals surface area contributed by atoms with Crippen LogP contribution < -0.4 is 4.90 Å². The first-order valence-electron chi connectivity index (χ1n) is 10.5. The van der Waals surface area contributed by atoms with Gasteiger partial charge in [0.2, 0.25) is 5.91 Å². The van der Waals surface area contributed by atoms with Crippen molar-refractivity contribution >= 4 is 74.2 Å². The third kappa shape index (κ3) is 4.31. The first kappa shape index (κ1) is 24.5. The van der Waals surface area contributed by atoms with Gasteiger partial charge in [0.15, 0.2) is 0 Å². The smallest absolute Gasteiger partial charge is 0.321 e. The monoisotopic (exact) mass is 527 g/mol.